The Kier molecular flexibility index (Phi) is 6.11. The van der Waals surface area contributed by atoms with Crippen molar-refractivity contribution in [3.63, 3.8) is 0 Å². The molecule has 0 spiro atoms. The number of hydrogen-bond acceptors (Lipinski definition) is 2. The van der Waals surface area contributed by atoms with Gasteiger partial charge in [0.05, 0.1) is 5.69 Å². The van der Waals surface area contributed by atoms with Gasteiger partial charge in [0.25, 0.3) is 0 Å². The van der Waals surface area contributed by atoms with Crippen molar-refractivity contribution < 1.29 is 0 Å². The van der Waals surface area contributed by atoms with Crippen molar-refractivity contribution in [3.8, 4) is 22.3 Å². The molecule has 2 aliphatic carbocycles. The summed E-state index contributed by atoms with van der Waals surface area (Å²) in [7, 11) is 0. The number of benzene rings is 6. The largest absolute Gasteiger partial charge is 0.376 e. The number of rotatable bonds is 1. The molecule has 3 heteroatoms. The summed E-state index contributed by atoms with van der Waals surface area (Å²) in [6, 6.07) is 43.0. The lowest BCUT2D eigenvalue weighted by molar-refractivity contribution is 0.332. The Labute approximate surface area is 322 Å². The first kappa shape index (κ1) is 32.4. The molecule has 0 bridgehead atoms. The monoisotopic (exact) mass is 700 g/mol. The van der Waals surface area contributed by atoms with E-state index in [1.165, 1.54) is 113 Å². The van der Waals surface area contributed by atoms with Gasteiger partial charge in [-0.25, -0.2) is 0 Å². The van der Waals surface area contributed by atoms with E-state index in [2.05, 4.69) is 181 Å². The highest BCUT2D eigenvalue weighted by atomic mass is 15.2. The van der Waals surface area contributed by atoms with Gasteiger partial charge in [-0.2, -0.15) is 0 Å². The fourth-order valence-corrected chi connectivity index (χ4v) is 11.5. The van der Waals surface area contributed by atoms with Crippen LogP contribution in [0.4, 0.5) is 28.4 Å². The third kappa shape index (κ3) is 3.93. The molecule has 3 aliphatic heterocycles. The first-order valence-electron chi connectivity index (χ1n) is 20.1. The van der Waals surface area contributed by atoms with Crippen molar-refractivity contribution in [1.82, 2.24) is 0 Å². The highest BCUT2D eigenvalue weighted by Gasteiger charge is 2.50. The van der Waals surface area contributed by atoms with Crippen LogP contribution in [0.25, 0.3) is 22.3 Å². The van der Waals surface area contributed by atoms with E-state index in [0.29, 0.717) is 0 Å². The van der Waals surface area contributed by atoms with Gasteiger partial charge in [-0.15, -0.1) is 0 Å². The second kappa shape index (κ2) is 10.2. The van der Waals surface area contributed by atoms with Crippen LogP contribution in [0.15, 0.2) is 109 Å². The Morgan fingerprint density at radius 1 is 0.481 bits per heavy atom. The average Bonchev–Trinajstić information content (AvgIpc) is 3.37. The Bertz CT molecular complexity index is 2660. The lowest BCUT2D eigenvalue weighted by Gasteiger charge is -2.51. The minimum atomic E-state index is -0.141. The Hall–Kier alpha value is -5.02. The van der Waals surface area contributed by atoms with Crippen LogP contribution in [0.5, 0.6) is 0 Å². The minimum absolute atomic E-state index is 0.0100. The molecule has 0 saturated heterocycles. The van der Waals surface area contributed by atoms with Gasteiger partial charge in [0.15, 0.2) is 0 Å². The maximum atomic E-state index is 2.75. The molecule has 5 aliphatic rings. The van der Waals surface area contributed by atoms with Crippen LogP contribution in [0.1, 0.15) is 107 Å². The topological polar surface area (TPSA) is 6.48 Å². The van der Waals surface area contributed by atoms with Crippen LogP contribution in [0.3, 0.4) is 0 Å². The summed E-state index contributed by atoms with van der Waals surface area (Å²) in [6.45, 7) is 21.8. The van der Waals surface area contributed by atoms with Crippen molar-refractivity contribution in [2.75, 3.05) is 9.71 Å². The number of hydrogen-bond donors (Lipinski definition) is 0. The second-order valence-electron chi connectivity index (χ2n) is 19.3. The second-order valence-corrected chi connectivity index (χ2v) is 19.3. The van der Waals surface area contributed by atoms with Crippen LogP contribution in [0, 0.1) is 6.92 Å². The van der Waals surface area contributed by atoms with Crippen molar-refractivity contribution in [2.45, 2.75) is 96.8 Å². The third-order valence-electron chi connectivity index (χ3n) is 14.5. The van der Waals surface area contributed by atoms with Gasteiger partial charge in [-0.1, -0.05) is 128 Å². The summed E-state index contributed by atoms with van der Waals surface area (Å²) < 4.78 is 0. The van der Waals surface area contributed by atoms with Gasteiger partial charge >= 0.3 is 6.85 Å². The Morgan fingerprint density at radius 2 is 1.17 bits per heavy atom. The van der Waals surface area contributed by atoms with Gasteiger partial charge in [0.2, 0.25) is 0 Å². The smallest absolute Gasteiger partial charge is 0.333 e. The molecule has 6 aromatic carbocycles. The molecular formula is C51H49BN2. The van der Waals surface area contributed by atoms with Crippen LogP contribution >= 0.6 is 0 Å². The maximum absolute atomic E-state index is 2.75. The van der Waals surface area contributed by atoms with Gasteiger partial charge in [0.1, 0.15) is 0 Å². The summed E-state index contributed by atoms with van der Waals surface area (Å²) in [5.74, 6) is 0. The highest BCUT2D eigenvalue weighted by Crippen LogP contribution is 2.58. The molecule has 0 saturated carbocycles. The number of para-hydroxylation sites is 2. The Morgan fingerprint density at radius 3 is 1.96 bits per heavy atom. The fraction of sp³-hybridized carbons (Fsp3) is 0.294. The van der Waals surface area contributed by atoms with E-state index in [4.69, 9.17) is 0 Å². The van der Waals surface area contributed by atoms with Gasteiger partial charge in [0, 0.05) is 39.1 Å². The van der Waals surface area contributed by atoms with Crippen molar-refractivity contribution in [3.05, 3.63) is 148 Å². The van der Waals surface area contributed by atoms with E-state index in [1.54, 1.807) is 0 Å². The van der Waals surface area contributed by atoms with Gasteiger partial charge in [-0.3, -0.25) is 0 Å². The number of fused-ring (bicyclic) bond motifs is 10. The molecule has 6 aromatic rings. The third-order valence-corrected chi connectivity index (χ3v) is 14.5. The SMILES string of the molecule is Cc1cc2c3c(c1)N1c4ccccc4C(C)(C)c4cccc(c41)B3N(c1ccc3c(c1)C(C)(C)CCC3(C)C)c1cc3c(cc1-2)C(C)(C)c1ccccc1-3. The van der Waals surface area contributed by atoms with E-state index in [-0.39, 0.29) is 28.5 Å². The molecule has 0 amide bonds. The van der Waals surface area contributed by atoms with Crippen LogP contribution in [0.2, 0.25) is 0 Å². The summed E-state index contributed by atoms with van der Waals surface area (Å²) >= 11 is 0. The lowest BCUT2D eigenvalue weighted by Crippen LogP contribution is -2.62. The number of aryl methyl sites for hydroxylation is 1. The van der Waals surface area contributed by atoms with E-state index in [0.717, 1.165) is 0 Å². The molecule has 0 aromatic heterocycles. The Balaban J connectivity index is 1.28. The van der Waals surface area contributed by atoms with E-state index in [9.17, 15) is 0 Å². The molecule has 0 unspecified atom stereocenters. The maximum Gasteiger partial charge on any atom is 0.333 e. The number of anilines is 5. The zero-order valence-electron chi connectivity index (χ0n) is 33.3. The van der Waals surface area contributed by atoms with Crippen LogP contribution < -0.4 is 20.6 Å². The fourth-order valence-electron chi connectivity index (χ4n) is 11.5. The molecule has 11 rings (SSSR count). The van der Waals surface area contributed by atoms with Gasteiger partial charge < -0.3 is 9.71 Å². The first-order valence-corrected chi connectivity index (χ1v) is 20.1. The summed E-state index contributed by atoms with van der Waals surface area (Å²) in [5, 5.41) is 0. The molecule has 0 atom stereocenters. The van der Waals surface area contributed by atoms with Crippen molar-refractivity contribution in [1.29, 1.82) is 0 Å². The van der Waals surface area contributed by atoms with Crippen LogP contribution in [-0.4, -0.2) is 6.85 Å². The predicted octanol–water partition coefficient (Wildman–Crippen LogP) is 12.0. The van der Waals surface area contributed by atoms with E-state index >= 15 is 0 Å². The molecule has 0 radical (unpaired) electrons. The highest BCUT2D eigenvalue weighted by molar-refractivity contribution is 6.93. The molecule has 54 heavy (non-hydrogen) atoms. The van der Waals surface area contributed by atoms with E-state index in [1.807, 2.05) is 0 Å². The average molecular weight is 701 g/mol. The zero-order chi connectivity index (χ0) is 37.3. The molecule has 2 nitrogen and oxygen atoms in total. The van der Waals surface area contributed by atoms with Gasteiger partial charge in [-0.05, 0) is 134 Å². The predicted molar refractivity (Wildman–Crippen MR) is 230 cm³/mol. The first-order chi connectivity index (χ1) is 25.7. The molecule has 0 fully saturated rings. The quantitative estimate of drug-likeness (QED) is 0.158. The minimum Gasteiger partial charge on any atom is -0.376 e. The zero-order valence-corrected chi connectivity index (χ0v) is 33.3. The lowest BCUT2D eigenvalue weighted by atomic mass is 9.42. The molecule has 266 valence electrons. The van der Waals surface area contributed by atoms with Crippen molar-refractivity contribution in [2.24, 2.45) is 0 Å². The van der Waals surface area contributed by atoms with E-state index < -0.39 is 0 Å². The summed E-state index contributed by atoms with van der Waals surface area (Å²) in [5.41, 5.74) is 24.8. The summed E-state index contributed by atoms with van der Waals surface area (Å²) in [4.78, 5) is 5.38. The molecular weight excluding hydrogens is 651 g/mol. The number of nitrogens with zero attached hydrogens (tertiary/aromatic N) is 2. The van der Waals surface area contributed by atoms with Crippen LogP contribution in [-0.2, 0) is 21.7 Å². The standard InChI is InChI=1S/C51H49BN2/c1-30-25-35-34-28-40-33(32-15-10-11-16-36(32)50(40,6)7)29-44(34)54(31-21-22-37-41(27-31)49(4,5)24-23-48(37,2)3)52-42-19-14-18-39-47(42)53(45(26-30)46(35)52)43-20-13-12-17-38(43)51(39,8)9/h10-22,25-29H,23-24H2,1-9H3. The molecule has 3 heterocycles. The normalized spacial score (nSPS) is 19.2. The van der Waals surface area contributed by atoms with Crippen molar-refractivity contribution >= 4 is 46.2 Å². The molecule has 0 N–H and O–H groups in total. The summed E-state index contributed by atoms with van der Waals surface area (Å²) in [6.07, 6.45) is 2.40.